The fourth-order valence-electron chi connectivity index (χ4n) is 3.62. The van der Waals surface area contributed by atoms with Gasteiger partial charge in [0.05, 0.1) is 17.1 Å². The normalized spacial score (nSPS) is 13.6. The molecule has 0 spiro atoms. The fraction of sp³-hybridized carbons (Fsp3) is 0.286. The number of fused-ring (bicyclic) bond motifs is 3. The highest BCUT2D eigenvalue weighted by atomic mass is 35.5. The van der Waals surface area contributed by atoms with Crippen LogP contribution < -0.4 is 15.3 Å². The van der Waals surface area contributed by atoms with Crippen LogP contribution in [0.5, 0.6) is 5.75 Å². The quantitative estimate of drug-likeness (QED) is 0.614. The summed E-state index contributed by atoms with van der Waals surface area (Å²) in [6, 6.07) is 11.7. The Kier molecular flexibility index (Phi) is 4.37. The smallest absolute Gasteiger partial charge is 0.336 e. The first-order valence-corrected chi connectivity index (χ1v) is 9.24. The molecule has 0 atom stereocenters. The van der Waals surface area contributed by atoms with Gasteiger partial charge in [0.25, 0.3) is 0 Å². The topological polar surface area (TPSA) is 42.7 Å². The van der Waals surface area contributed by atoms with Crippen LogP contribution in [0.25, 0.3) is 11.0 Å². The van der Waals surface area contributed by atoms with Gasteiger partial charge in [-0.2, -0.15) is 0 Å². The Morgan fingerprint density at radius 1 is 1.12 bits per heavy atom. The van der Waals surface area contributed by atoms with Crippen LogP contribution in [-0.2, 0) is 19.4 Å². The van der Waals surface area contributed by atoms with Crippen molar-refractivity contribution in [2.24, 2.45) is 0 Å². The molecule has 134 valence electrons. The molecule has 2 heterocycles. The summed E-state index contributed by atoms with van der Waals surface area (Å²) in [5.41, 5.74) is 4.38. The molecule has 0 saturated carbocycles. The number of hydrogen-bond donors (Lipinski definition) is 0. The van der Waals surface area contributed by atoms with Gasteiger partial charge in [-0.05, 0) is 36.1 Å². The van der Waals surface area contributed by atoms with Crippen molar-refractivity contribution in [1.82, 2.24) is 0 Å². The lowest BCUT2D eigenvalue weighted by Gasteiger charge is -2.32. The van der Waals surface area contributed by atoms with Crippen molar-refractivity contribution >= 4 is 28.3 Å². The van der Waals surface area contributed by atoms with Crippen LogP contribution in [0, 0.1) is 0 Å². The van der Waals surface area contributed by atoms with E-state index in [1.165, 1.54) is 5.56 Å². The summed E-state index contributed by atoms with van der Waals surface area (Å²) in [5.74, 6) is 0.612. The molecule has 26 heavy (non-hydrogen) atoms. The summed E-state index contributed by atoms with van der Waals surface area (Å²) in [6.07, 6.45) is 1.67. The largest absolute Gasteiger partial charge is 0.471 e. The lowest BCUT2D eigenvalue weighted by molar-refractivity contribution is 0.289. The highest BCUT2D eigenvalue weighted by Crippen LogP contribution is 2.40. The first-order valence-electron chi connectivity index (χ1n) is 8.86. The van der Waals surface area contributed by atoms with E-state index in [0.29, 0.717) is 29.6 Å². The Morgan fingerprint density at radius 2 is 1.88 bits per heavy atom. The zero-order valence-electron chi connectivity index (χ0n) is 14.8. The van der Waals surface area contributed by atoms with Crippen molar-refractivity contribution in [1.29, 1.82) is 0 Å². The summed E-state index contributed by atoms with van der Waals surface area (Å²) in [4.78, 5) is 14.2. The number of halogens is 1. The molecule has 1 aliphatic rings. The molecule has 3 aromatic rings. The Morgan fingerprint density at radius 3 is 2.65 bits per heavy atom. The lowest BCUT2D eigenvalue weighted by Crippen LogP contribution is -2.33. The van der Waals surface area contributed by atoms with E-state index in [0.717, 1.165) is 35.0 Å². The third-order valence-corrected chi connectivity index (χ3v) is 5.21. The van der Waals surface area contributed by atoms with Crippen LogP contribution in [0.2, 0.25) is 5.02 Å². The summed E-state index contributed by atoms with van der Waals surface area (Å²) in [7, 11) is 0. The van der Waals surface area contributed by atoms with Crippen LogP contribution in [-0.4, -0.2) is 6.73 Å². The monoisotopic (exact) mass is 369 g/mol. The average Bonchev–Trinajstić information content (AvgIpc) is 2.67. The van der Waals surface area contributed by atoms with Gasteiger partial charge in [-0.15, -0.1) is 0 Å². The Balaban J connectivity index is 1.89. The molecular weight excluding hydrogens is 350 g/mol. The van der Waals surface area contributed by atoms with Crippen LogP contribution in [0.3, 0.4) is 0 Å². The molecule has 1 aliphatic heterocycles. The number of ether oxygens (including phenoxy) is 1. The molecule has 0 unspecified atom stereocenters. The molecule has 0 amide bonds. The fourth-order valence-corrected chi connectivity index (χ4v) is 3.89. The van der Waals surface area contributed by atoms with Gasteiger partial charge in [-0.25, -0.2) is 4.79 Å². The third-order valence-electron chi connectivity index (χ3n) is 4.93. The second kappa shape index (κ2) is 6.69. The molecule has 0 N–H and O–H groups in total. The Bertz CT molecular complexity index is 1040. The van der Waals surface area contributed by atoms with Crippen molar-refractivity contribution in [3.05, 3.63) is 68.5 Å². The second-order valence-electron chi connectivity index (χ2n) is 6.44. The molecule has 0 bridgehead atoms. The van der Waals surface area contributed by atoms with Gasteiger partial charge < -0.3 is 14.1 Å². The van der Waals surface area contributed by atoms with Crippen molar-refractivity contribution in [2.75, 3.05) is 11.6 Å². The van der Waals surface area contributed by atoms with Gasteiger partial charge in [0.2, 0.25) is 0 Å². The third kappa shape index (κ3) is 2.74. The maximum atomic E-state index is 12.0. The van der Waals surface area contributed by atoms with Gasteiger partial charge in [-0.1, -0.05) is 43.6 Å². The zero-order valence-corrected chi connectivity index (χ0v) is 15.6. The average molecular weight is 370 g/mol. The van der Waals surface area contributed by atoms with Crippen LogP contribution in [0.1, 0.15) is 30.5 Å². The molecule has 4 rings (SSSR count). The zero-order chi connectivity index (χ0) is 18.3. The Hall–Kier alpha value is -2.46. The predicted molar refractivity (Wildman–Crippen MR) is 104 cm³/mol. The molecule has 0 aliphatic carbocycles. The molecule has 1 aromatic heterocycles. The number of rotatable bonds is 3. The maximum absolute atomic E-state index is 12.0. The number of para-hydroxylation sites is 1. The molecule has 5 heteroatoms. The summed E-state index contributed by atoms with van der Waals surface area (Å²) >= 11 is 6.48. The highest BCUT2D eigenvalue weighted by molar-refractivity contribution is 6.33. The van der Waals surface area contributed by atoms with Crippen molar-refractivity contribution in [3.63, 3.8) is 0 Å². The van der Waals surface area contributed by atoms with E-state index in [1.807, 2.05) is 25.1 Å². The van der Waals surface area contributed by atoms with E-state index in [1.54, 1.807) is 6.07 Å². The number of hydrogen-bond acceptors (Lipinski definition) is 4. The molecular formula is C21H20ClNO3. The van der Waals surface area contributed by atoms with Gasteiger partial charge in [-0.3, -0.25) is 0 Å². The summed E-state index contributed by atoms with van der Waals surface area (Å²) in [5, 5.41) is 1.43. The summed E-state index contributed by atoms with van der Waals surface area (Å²) in [6.45, 7) is 5.14. The van der Waals surface area contributed by atoms with Crippen molar-refractivity contribution in [2.45, 2.75) is 33.2 Å². The first-order chi connectivity index (χ1) is 12.6. The molecule has 4 nitrogen and oxygen atoms in total. The first kappa shape index (κ1) is 17.0. The van der Waals surface area contributed by atoms with Crippen molar-refractivity contribution < 1.29 is 9.15 Å². The SMILES string of the molecule is CCc1ccccc1N1COc2c(Cl)cc3c(CC)cc(=O)oc3c2C1. The van der Waals surface area contributed by atoms with E-state index in [9.17, 15) is 4.79 Å². The maximum Gasteiger partial charge on any atom is 0.336 e. The molecule has 0 radical (unpaired) electrons. The van der Waals surface area contributed by atoms with Gasteiger partial charge in [0.1, 0.15) is 11.3 Å². The number of aryl methyl sites for hydroxylation is 2. The van der Waals surface area contributed by atoms with Crippen molar-refractivity contribution in [3.8, 4) is 5.75 Å². The molecule has 2 aromatic carbocycles. The van der Waals surface area contributed by atoms with Gasteiger partial charge in [0.15, 0.2) is 6.73 Å². The van der Waals surface area contributed by atoms with E-state index in [2.05, 4.69) is 24.0 Å². The predicted octanol–water partition coefficient (Wildman–Crippen LogP) is 4.93. The van der Waals surface area contributed by atoms with E-state index < -0.39 is 0 Å². The summed E-state index contributed by atoms with van der Waals surface area (Å²) < 4.78 is 11.6. The minimum Gasteiger partial charge on any atom is -0.471 e. The lowest BCUT2D eigenvalue weighted by atomic mass is 10.0. The highest BCUT2D eigenvalue weighted by Gasteiger charge is 2.26. The van der Waals surface area contributed by atoms with E-state index in [-0.39, 0.29) is 5.63 Å². The number of anilines is 1. The van der Waals surface area contributed by atoms with E-state index in [4.69, 9.17) is 20.8 Å². The molecule has 0 fully saturated rings. The minimum absolute atomic E-state index is 0.343. The van der Waals surface area contributed by atoms with Crippen LogP contribution in [0.15, 0.2) is 45.6 Å². The standard InChI is InChI=1S/C21H20ClNO3/c1-3-13-7-5-6-8-18(13)23-11-16-20-15(10-17(22)21(16)25-12-23)14(4-2)9-19(24)26-20/h5-10H,3-4,11-12H2,1-2H3. The number of nitrogens with zero attached hydrogens (tertiary/aromatic N) is 1. The molecule has 0 saturated heterocycles. The van der Waals surface area contributed by atoms with Gasteiger partial charge in [0, 0.05) is 17.1 Å². The minimum atomic E-state index is -0.343. The van der Waals surface area contributed by atoms with Crippen LogP contribution in [0.4, 0.5) is 5.69 Å². The van der Waals surface area contributed by atoms with E-state index >= 15 is 0 Å². The van der Waals surface area contributed by atoms with Gasteiger partial charge >= 0.3 is 5.63 Å². The second-order valence-corrected chi connectivity index (χ2v) is 6.85. The van der Waals surface area contributed by atoms with Crippen LogP contribution >= 0.6 is 11.6 Å². The number of benzene rings is 2. The Labute approximate surface area is 156 Å².